The minimum absolute atomic E-state index is 0.129. The summed E-state index contributed by atoms with van der Waals surface area (Å²) in [5.41, 5.74) is 0.351. The number of rotatable bonds is 6. The lowest BCUT2D eigenvalue weighted by atomic mass is 10.1. The molecule has 12 heteroatoms. The molecule has 1 aliphatic heterocycles. The number of hydrogen-bond acceptors (Lipinski definition) is 8. The zero-order chi connectivity index (χ0) is 20.3. The highest BCUT2D eigenvalue weighted by molar-refractivity contribution is 8.15. The number of carboxylic acid groups (broad SMARTS) is 1. The molecule has 1 atom stereocenters. The van der Waals surface area contributed by atoms with Crippen LogP contribution in [-0.2, 0) is 9.59 Å². The molecular formula is C16H11ClN4O6S. The largest absolute Gasteiger partial charge is 0.481 e. The van der Waals surface area contributed by atoms with Gasteiger partial charge in [0.05, 0.1) is 22.6 Å². The molecular weight excluding hydrogens is 412 g/mol. The molecule has 0 saturated carbocycles. The first-order valence-corrected chi connectivity index (χ1v) is 8.93. The maximum atomic E-state index is 11.6. The number of halogens is 1. The van der Waals surface area contributed by atoms with Crippen molar-refractivity contribution in [2.45, 2.75) is 11.7 Å². The molecule has 1 aromatic heterocycles. The number of carboxylic acids is 1. The smallest absolute Gasteiger partial charge is 0.305 e. The zero-order valence-electron chi connectivity index (χ0n) is 13.9. The second kappa shape index (κ2) is 8.23. The van der Waals surface area contributed by atoms with E-state index >= 15 is 0 Å². The molecule has 10 nitrogen and oxygen atoms in total. The average molecular weight is 423 g/mol. The molecule has 144 valence electrons. The SMILES string of the molecule is O=C(O)C[C@@H]1S/C(=N\N=C/c2ccc(-c3ccc([N+](=O)[O-])cc3Cl)o2)NC1=O. The topological polar surface area (TPSA) is 147 Å². The van der Waals surface area contributed by atoms with Crippen molar-refractivity contribution in [1.29, 1.82) is 0 Å². The lowest BCUT2D eigenvalue weighted by Gasteiger charge is -2.00. The first-order valence-electron chi connectivity index (χ1n) is 7.68. The Morgan fingerprint density at radius 2 is 2.21 bits per heavy atom. The number of nitrogens with one attached hydrogen (secondary N) is 1. The van der Waals surface area contributed by atoms with Crippen molar-refractivity contribution in [2.24, 2.45) is 10.2 Å². The van der Waals surface area contributed by atoms with E-state index in [1.54, 1.807) is 12.1 Å². The second-order valence-corrected chi connectivity index (χ2v) is 7.07. The molecule has 2 heterocycles. The number of hydrogen-bond donors (Lipinski definition) is 2. The maximum absolute atomic E-state index is 11.6. The molecule has 1 aliphatic rings. The van der Waals surface area contributed by atoms with Gasteiger partial charge in [0.15, 0.2) is 5.17 Å². The third-order valence-electron chi connectivity index (χ3n) is 3.53. The van der Waals surface area contributed by atoms with Crippen molar-refractivity contribution in [3.05, 3.63) is 51.2 Å². The normalized spacial score (nSPS) is 18.0. The molecule has 28 heavy (non-hydrogen) atoms. The molecule has 1 saturated heterocycles. The van der Waals surface area contributed by atoms with E-state index in [0.717, 1.165) is 11.8 Å². The highest BCUT2D eigenvalue weighted by Gasteiger charge is 2.32. The van der Waals surface area contributed by atoms with E-state index in [2.05, 4.69) is 15.5 Å². The van der Waals surface area contributed by atoms with Gasteiger partial charge in [0.25, 0.3) is 5.69 Å². The maximum Gasteiger partial charge on any atom is 0.305 e. The van der Waals surface area contributed by atoms with E-state index in [9.17, 15) is 19.7 Å². The fourth-order valence-electron chi connectivity index (χ4n) is 2.27. The van der Waals surface area contributed by atoms with E-state index in [1.807, 2.05) is 0 Å². The van der Waals surface area contributed by atoms with Crippen molar-refractivity contribution in [1.82, 2.24) is 5.32 Å². The Hall–Kier alpha value is -3.18. The third-order valence-corrected chi connectivity index (χ3v) is 4.91. The number of nitro groups is 1. The Morgan fingerprint density at radius 1 is 1.43 bits per heavy atom. The quantitative estimate of drug-likeness (QED) is 0.413. The van der Waals surface area contributed by atoms with Gasteiger partial charge in [-0.1, -0.05) is 23.4 Å². The molecule has 0 spiro atoms. The predicted molar refractivity (Wildman–Crippen MR) is 103 cm³/mol. The van der Waals surface area contributed by atoms with Gasteiger partial charge in [0, 0.05) is 17.7 Å². The third kappa shape index (κ3) is 4.56. The van der Waals surface area contributed by atoms with Crippen molar-refractivity contribution >= 4 is 52.3 Å². The molecule has 0 radical (unpaired) electrons. The second-order valence-electron chi connectivity index (χ2n) is 5.47. The highest BCUT2D eigenvalue weighted by atomic mass is 35.5. The Kier molecular flexibility index (Phi) is 5.76. The number of nitrogens with zero attached hydrogens (tertiary/aromatic N) is 3. The van der Waals surface area contributed by atoms with Crippen molar-refractivity contribution < 1.29 is 24.0 Å². The minimum atomic E-state index is -1.08. The van der Waals surface area contributed by atoms with Crippen LogP contribution >= 0.6 is 23.4 Å². The number of carbonyl (C=O) groups excluding carboxylic acids is 1. The Bertz CT molecular complexity index is 1020. The van der Waals surface area contributed by atoms with E-state index in [1.165, 1.54) is 24.4 Å². The molecule has 0 aliphatic carbocycles. The van der Waals surface area contributed by atoms with Crippen LogP contribution in [0.15, 0.2) is 45.0 Å². The summed E-state index contributed by atoms with van der Waals surface area (Å²) in [6.45, 7) is 0. The summed E-state index contributed by atoms with van der Waals surface area (Å²) < 4.78 is 5.57. The van der Waals surface area contributed by atoms with E-state index in [-0.39, 0.29) is 22.3 Å². The number of carbonyl (C=O) groups is 2. The van der Waals surface area contributed by atoms with Crippen LogP contribution < -0.4 is 5.32 Å². The molecule has 3 rings (SSSR count). The van der Waals surface area contributed by atoms with Crippen LogP contribution in [0, 0.1) is 10.1 Å². The summed E-state index contributed by atoms with van der Waals surface area (Å²) >= 11 is 7.05. The van der Waals surface area contributed by atoms with Gasteiger partial charge in [-0.2, -0.15) is 5.10 Å². The first kappa shape index (κ1) is 19.6. The summed E-state index contributed by atoms with van der Waals surface area (Å²) in [7, 11) is 0. The van der Waals surface area contributed by atoms with Gasteiger partial charge in [0.2, 0.25) is 5.91 Å². The number of furan rings is 1. The Morgan fingerprint density at radius 3 is 2.89 bits per heavy atom. The summed E-state index contributed by atoms with van der Waals surface area (Å²) in [5, 5.41) is 29.2. The average Bonchev–Trinajstić information content (AvgIpc) is 3.21. The molecule has 0 bridgehead atoms. The van der Waals surface area contributed by atoms with E-state index in [0.29, 0.717) is 17.1 Å². The lowest BCUT2D eigenvalue weighted by Crippen LogP contribution is -2.26. The highest BCUT2D eigenvalue weighted by Crippen LogP contribution is 2.32. The predicted octanol–water partition coefficient (Wildman–Crippen LogP) is 2.90. The number of amides is 1. The number of non-ortho nitro benzene ring substituents is 1. The standard InChI is InChI=1S/C16H11ClN4O6S/c17-11-5-8(21(25)26)1-3-10(11)12-4-2-9(27-12)7-18-20-16-19-15(24)13(28-16)6-14(22)23/h1-5,7,13H,6H2,(H,22,23)(H,19,20,24)/b18-7-/t13-/m0/s1. The van der Waals surface area contributed by atoms with Crippen LogP contribution in [0.4, 0.5) is 5.69 Å². The van der Waals surface area contributed by atoms with Crippen molar-refractivity contribution in [2.75, 3.05) is 0 Å². The number of amidine groups is 1. The van der Waals surface area contributed by atoms with Gasteiger partial charge in [0.1, 0.15) is 16.8 Å². The molecule has 2 N–H and O–H groups in total. The van der Waals surface area contributed by atoms with Gasteiger partial charge >= 0.3 is 5.97 Å². The van der Waals surface area contributed by atoms with Gasteiger partial charge < -0.3 is 14.8 Å². The number of aliphatic carboxylic acids is 1. The molecule has 1 aromatic carbocycles. The van der Waals surface area contributed by atoms with Crippen LogP contribution in [0.3, 0.4) is 0 Å². The van der Waals surface area contributed by atoms with Crippen LogP contribution in [0.25, 0.3) is 11.3 Å². The number of nitro benzene ring substituents is 1. The first-order chi connectivity index (χ1) is 13.3. The van der Waals surface area contributed by atoms with Gasteiger partial charge in [-0.25, -0.2) is 0 Å². The summed E-state index contributed by atoms with van der Waals surface area (Å²) in [6, 6.07) is 7.25. The number of benzene rings is 1. The summed E-state index contributed by atoms with van der Waals surface area (Å²) in [5.74, 6) is -0.788. The Labute approximate surface area is 166 Å². The van der Waals surface area contributed by atoms with Crippen LogP contribution in [0.5, 0.6) is 0 Å². The summed E-state index contributed by atoms with van der Waals surface area (Å²) in [6.07, 6.45) is 0.990. The molecule has 2 aromatic rings. The fraction of sp³-hybridized carbons (Fsp3) is 0.125. The molecule has 1 amide bonds. The molecule has 1 fully saturated rings. The van der Waals surface area contributed by atoms with Crippen molar-refractivity contribution in [3.8, 4) is 11.3 Å². The van der Waals surface area contributed by atoms with Crippen molar-refractivity contribution in [3.63, 3.8) is 0 Å². The van der Waals surface area contributed by atoms with Gasteiger partial charge in [-0.15, -0.1) is 5.10 Å². The van der Waals surface area contributed by atoms with Crippen LogP contribution in [0.1, 0.15) is 12.2 Å². The number of thioether (sulfide) groups is 1. The van der Waals surface area contributed by atoms with E-state index < -0.39 is 22.0 Å². The van der Waals surface area contributed by atoms with Gasteiger partial charge in [-0.3, -0.25) is 19.7 Å². The van der Waals surface area contributed by atoms with E-state index in [4.69, 9.17) is 21.1 Å². The summed E-state index contributed by atoms with van der Waals surface area (Å²) in [4.78, 5) is 32.5. The zero-order valence-corrected chi connectivity index (χ0v) is 15.4. The van der Waals surface area contributed by atoms with Crippen LogP contribution in [0.2, 0.25) is 5.02 Å². The lowest BCUT2D eigenvalue weighted by molar-refractivity contribution is -0.384. The fourth-order valence-corrected chi connectivity index (χ4v) is 3.45. The van der Waals surface area contributed by atoms with Gasteiger partial charge in [-0.05, 0) is 18.2 Å². The Balaban J connectivity index is 1.69. The monoisotopic (exact) mass is 422 g/mol. The minimum Gasteiger partial charge on any atom is -0.481 e. The van der Waals surface area contributed by atoms with Crippen LogP contribution in [-0.4, -0.2) is 38.5 Å². The molecule has 0 unspecified atom stereocenters.